The second-order valence-electron chi connectivity index (χ2n) is 3.83. The van der Waals surface area contributed by atoms with Gasteiger partial charge in [0.25, 0.3) is 0 Å². The SMILES string of the molecule is COC[C@H](CO)NCc1ccc(C(=O)O)cc1Br. The molecule has 5 nitrogen and oxygen atoms in total. The highest BCUT2D eigenvalue weighted by molar-refractivity contribution is 9.10. The minimum absolute atomic E-state index is 0.0152. The number of benzene rings is 1. The number of ether oxygens (including phenoxy) is 1. The molecule has 1 rings (SSSR count). The van der Waals surface area contributed by atoms with E-state index in [0.29, 0.717) is 13.2 Å². The number of carbonyl (C=O) groups is 1. The Kier molecular flexibility index (Phi) is 6.28. The van der Waals surface area contributed by atoms with Gasteiger partial charge < -0.3 is 20.3 Å². The molecule has 1 aromatic rings. The third-order valence-corrected chi connectivity index (χ3v) is 3.21. The second-order valence-corrected chi connectivity index (χ2v) is 4.68. The summed E-state index contributed by atoms with van der Waals surface area (Å²) in [4.78, 5) is 10.8. The number of hydrogen-bond donors (Lipinski definition) is 3. The van der Waals surface area contributed by atoms with Gasteiger partial charge >= 0.3 is 5.97 Å². The number of aliphatic hydroxyl groups is 1. The van der Waals surface area contributed by atoms with Crippen molar-refractivity contribution < 1.29 is 19.7 Å². The van der Waals surface area contributed by atoms with Crippen molar-refractivity contribution in [3.63, 3.8) is 0 Å². The molecule has 0 aliphatic rings. The highest BCUT2D eigenvalue weighted by Crippen LogP contribution is 2.18. The monoisotopic (exact) mass is 317 g/mol. The van der Waals surface area contributed by atoms with E-state index >= 15 is 0 Å². The molecule has 18 heavy (non-hydrogen) atoms. The van der Waals surface area contributed by atoms with Crippen molar-refractivity contribution in [2.24, 2.45) is 0 Å². The Labute approximate surface area is 114 Å². The van der Waals surface area contributed by atoms with Crippen LogP contribution in [0.15, 0.2) is 22.7 Å². The van der Waals surface area contributed by atoms with Crippen molar-refractivity contribution in [2.75, 3.05) is 20.3 Å². The fourth-order valence-corrected chi connectivity index (χ4v) is 1.97. The van der Waals surface area contributed by atoms with Gasteiger partial charge in [-0.15, -0.1) is 0 Å². The van der Waals surface area contributed by atoms with Gasteiger partial charge in [-0.25, -0.2) is 4.79 Å². The summed E-state index contributed by atoms with van der Waals surface area (Å²) in [7, 11) is 1.57. The average Bonchev–Trinajstić information content (AvgIpc) is 2.35. The van der Waals surface area contributed by atoms with E-state index in [1.165, 1.54) is 0 Å². The Balaban J connectivity index is 2.65. The zero-order chi connectivity index (χ0) is 13.5. The number of nitrogens with one attached hydrogen (secondary N) is 1. The van der Waals surface area contributed by atoms with Gasteiger partial charge in [0.05, 0.1) is 24.8 Å². The quantitative estimate of drug-likeness (QED) is 0.705. The summed E-state index contributed by atoms with van der Waals surface area (Å²) in [5.74, 6) is -0.956. The molecule has 0 bridgehead atoms. The number of aromatic carboxylic acids is 1. The van der Waals surface area contributed by atoms with E-state index in [1.807, 2.05) is 0 Å². The molecule has 3 N–H and O–H groups in total. The van der Waals surface area contributed by atoms with Crippen LogP contribution in [0.5, 0.6) is 0 Å². The number of methoxy groups -OCH3 is 1. The summed E-state index contributed by atoms with van der Waals surface area (Å²) in [5, 5.41) is 21.1. The van der Waals surface area contributed by atoms with Crippen molar-refractivity contribution in [3.05, 3.63) is 33.8 Å². The van der Waals surface area contributed by atoms with Crippen molar-refractivity contribution in [1.29, 1.82) is 0 Å². The van der Waals surface area contributed by atoms with Crippen LogP contribution >= 0.6 is 15.9 Å². The first-order valence-corrected chi connectivity index (χ1v) is 6.22. The topological polar surface area (TPSA) is 78.8 Å². The van der Waals surface area contributed by atoms with Gasteiger partial charge in [0.2, 0.25) is 0 Å². The van der Waals surface area contributed by atoms with Crippen LogP contribution in [0.2, 0.25) is 0 Å². The minimum atomic E-state index is -0.956. The van der Waals surface area contributed by atoms with Crippen LogP contribution in [0, 0.1) is 0 Å². The number of carboxylic acids is 1. The Morgan fingerprint density at radius 1 is 1.56 bits per heavy atom. The molecule has 0 radical (unpaired) electrons. The lowest BCUT2D eigenvalue weighted by atomic mass is 10.1. The molecule has 0 aliphatic carbocycles. The fourth-order valence-electron chi connectivity index (χ4n) is 1.46. The number of hydrogen-bond acceptors (Lipinski definition) is 4. The zero-order valence-electron chi connectivity index (χ0n) is 10.0. The summed E-state index contributed by atoms with van der Waals surface area (Å²) in [6.07, 6.45) is 0. The maximum Gasteiger partial charge on any atom is 0.335 e. The summed E-state index contributed by atoms with van der Waals surface area (Å²) in [6, 6.07) is 4.71. The first-order valence-electron chi connectivity index (χ1n) is 5.43. The van der Waals surface area contributed by atoms with Crippen LogP contribution in [0.4, 0.5) is 0 Å². The first-order chi connectivity index (χ1) is 8.58. The molecule has 0 saturated carbocycles. The summed E-state index contributed by atoms with van der Waals surface area (Å²) >= 11 is 3.33. The smallest absolute Gasteiger partial charge is 0.335 e. The number of carboxylic acid groups (broad SMARTS) is 1. The van der Waals surface area contributed by atoms with Crippen LogP contribution in [-0.4, -0.2) is 42.5 Å². The molecule has 0 heterocycles. The van der Waals surface area contributed by atoms with E-state index in [1.54, 1.807) is 25.3 Å². The molecular weight excluding hydrogens is 302 g/mol. The van der Waals surface area contributed by atoms with E-state index in [-0.39, 0.29) is 18.2 Å². The van der Waals surface area contributed by atoms with Gasteiger partial charge in [0.1, 0.15) is 0 Å². The lowest BCUT2D eigenvalue weighted by molar-refractivity contribution is 0.0697. The van der Waals surface area contributed by atoms with Crippen molar-refractivity contribution in [2.45, 2.75) is 12.6 Å². The third kappa shape index (κ3) is 4.38. The highest BCUT2D eigenvalue weighted by atomic mass is 79.9. The molecule has 0 aliphatic heterocycles. The van der Waals surface area contributed by atoms with E-state index in [0.717, 1.165) is 10.0 Å². The molecular formula is C12H16BrNO4. The lowest BCUT2D eigenvalue weighted by Crippen LogP contribution is -2.36. The van der Waals surface area contributed by atoms with Gasteiger partial charge in [0, 0.05) is 18.1 Å². The third-order valence-electron chi connectivity index (χ3n) is 2.47. The Morgan fingerprint density at radius 3 is 2.78 bits per heavy atom. The molecule has 0 spiro atoms. The van der Waals surface area contributed by atoms with Crippen LogP contribution < -0.4 is 5.32 Å². The standard InChI is InChI=1S/C12H16BrNO4/c1-18-7-10(6-15)14-5-9-3-2-8(12(16)17)4-11(9)13/h2-4,10,14-15H,5-7H2,1H3,(H,16,17)/t10-/m0/s1. The van der Waals surface area contributed by atoms with Crippen LogP contribution in [0.25, 0.3) is 0 Å². The largest absolute Gasteiger partial charge is 0.478 e. The van der Waals surface area contributed by atoms with Gasteiger partial charge in [-0.1, -0.05) is 22.0 Å². The summed E-state index contributed by atoms with van der Waals surface area (Å²) < 4.78 is 5.68. The van der Waals surface area contributed by atoms with Gasteiger partial charge in [-0.2, -0.15) is 0 Å². The summed E-state index contributed by atoms with van der Waals surface area (Å²) in [5.41, 5.74) is 1.16. The Morgan fingerprint density at radius 2 is 2.28 bits per heavy atom. The van der Waals surface area contributed by atoms with Crippen molar-refractivity contribution in [1.82, 2.24) is 5.32 Å². The predicted octanol–water partition coefficient (Wildman–Crippen LogP) is 1.24. The van der Waals surface area contributed by atoms with E-state index in [2.05, 4.69) is 21.2 Å². The molecule has 6 heteroatoms. The zero-order valence-corrected chi connectivity index (χ0v) is 11.6. The molecule has 0 fully saturated rings. The Bertz CT molecular complexity index is 411. The van der Waals surface area contributed by atoms with Crippen LogP contribution in [0.3, 0.4) is 0 Å². The fraction of sp³-hybridized carbons (Fsp3) is 0.417. The van der Waals surface area contributed by atoms with E-state index < -0.39 is 5.97 Å². The van der Waals surface area contributed by atoms with Gasteiger partial charge in [-0.05, 0) is 17.7 Å². The Hall–Kier alpha value is -0.950. The molecule has 1 atom stereocenters. The number of rotatable bonds is 7. The minimum Gasteiger partial charge on any atom is -0.478 e. The normalized spacial score (nSPS) is 12.4. The number of halogens is 1. The molecule has 100 valence electrons. The maximum atomic E-state index is 10.8. The highest BCUT2D eigenvalue weighted by Gasteiger charge is 2.09. The lowest BCUT2D eigenvalue weighted by Gasteiger charge is -2.15. The van der Waals surface area contributed by atoms with Crippen molar-refractivity contribution >= 4 is 21.9 Å². The number of aliphatic hydroxyl groups excluding tert-OH is 1. The second kappa shape index (κ2) is 7.48. The van der Waals surface area contributed by atoms with E-state index in [4.69, 9.17) is 14.9 Å². The van der Waals surface area contributed by atoms with Crippen LogP contribution in [0.1, 0.15) is 15.9 Å². The van der Waals surface area contributed by atoms with Gasteiger partial charge in [0.15, 0.2) is 0 Å². The summed E-state index contributed by atoms with van der Waals surface area (Å²) in [6.45, 7) is 0.926. The van der Waals surface area contributed by atoms with Gasteiger partial charge in [-0.3, -0.25) is 0 Å². The molecule has 0 aromatic heterocycles. The van der Waals surface area contributed by atoms with E-state index in [9.17, 15) is 4.79 Å². The first kappa shape index (κ1) is 15.1. The maximum absolute atomic E-state index is 10.8. The predicted molar refractivity (Wildman–Crippen MR) is 70.7 cm³/mol. The molecule has 1 aromatic carbocycles. The molecule has 0 unspecified atom stereocenters. The molecule has 0 amide bonds. The van der Waals surface area contributed by atoms with Crippen molar-refractivity contribution in [3.8, 4) is 0 Å². The molecule has 0 saturated heterocycles. The van der Waals surface area contributed by atoms with Crippen LogP contribution in [-0.2, 0) is 11.3 Å². The average molecular weight is 318 g/mol.